The first-order valence-corrected chi connectivity index (χ1v) is 23.6. The third kappa shape index (κ3) is 11.1. The van der Waals surface area contributed by atoms with Crippen molar-refractivity contribution < 1.29 is 9.53 Å². The van der Waals surface area contributed by atoms with Gasteiger partial charge in [0.25, 0.3) is 0 Å². The Morgan fingerprint density at radius 3 is 1.61 bits per heavy atom. The van der Waals surface area contributed by atoms with Gasteiger partial charge in [0.15, 0.2) is 0 Å². The van der Waals surface area contributed by atoms with E-state index in [4.69, 9.17) is 4.43 Å². The first-order valence-electron chi connectivity index (χ1n) is 13.2. The van der Waals surface area contributed by atoms with Crippen LogP contribution in [0.2, 0.25) is 31.4 Å². The van der Waals surface area contributed by atoms with Crippen molar-refractivity contribution in [1.82, 2.24) is 0 Å². The number of rotatable bonds is 15. The van der Waals surface area contributed by atoms with Crippen molar-refractivity contribution >= 4 is 26.7 Å². The molecule has 0 saturated carbocycles. The Hall–Kier alpha value is 0.676. The molecule has 1 unspecified atom stereocenters. The van der Waals surface area contributed by atoms with Gasteiger partial charge in [0.2, 0.25) is 0 Å². The summed E-state index contributed by atoms with van der Waals surface area (Å²) in [6, 6.07) is 0. The molecular formula is C27H58O2SiSn. The Labute approximate surface area is 202 Å². The Kier molecular flexibility index (Phi) is 14.5. The molecule has 0 radical (unpaired) electrons. The minimum absolute atomic E-state index is 0.108. The summed E-state index contributed by atoms with van der Waals surface area (Å²) in [5.74, 6) is 0. The Balaban J connectivity index is 6.06. The van der Waals surface area contributed by atoms with E-state index >= 15 is 0 Å². The molecule has 0 fully saturated rings. The third-order valence-electron chi connectivity index (χ3n) is 7.59. The zero-order valence-electron chi connectivity index (χ0n) is 23.3. The number of aliphatic hydroxyl groups excluding tert-OH is 1. The summed E-state index contributed by atoms with van der Waals surface area (Å²) in [4.78, 5) is 0. The summed E-state index contributed by atoms with van der Waals surface area (Å²) in [5, 5.41) is 11.4. The molecule has 1 N–H and O–H groups in total. The number of hydrogen-bond acceptors (Lipinski definition) is 2. The van der Waals surface area contributed by atoms with Crippen LogP contribution in [0.4, 0.5) is 0 Å². The summed E-state index contributed by atoms with van der Waals surface area (Å²) in [5.41, 5.74) is -0.108. The van der Waals surface area contributed by atoms with Gasteiger partial charge in [-0.05, 0) is 0 Å². The summed E-state index contributed by atoms with van der Waals surface area (Å²) < 4.78 is 12.7. The number of aliphatic hydroxyl groups is 1. The summed E-state index contributed by atoms with van der Waals surface area (Å²) in [7, 11) is -1.75. The van der Waals surface area contributed by atoms with Crippen LogP contribution < -0.4 is 0 Å². The maximum absolute atomic E-state index is 11.1. The fraction of sp³-hybridized carbons (Fsp3) is 0.926. The molecule has 0 heterocycles. The van der Waals surface area contributed by atoms with E-state index in [0.29, 0.717) is 0 Å². The third-order valence-corrected chi connectivity index (χ3v) is 28.4. The van der Waals surface area contributed by atoms with E-state index in [0.717, 1.165) is 13.0 Å². The molecule has 0 bridgehead atoms. The van der Waals surface area contributed by atoms with E-state index in [2.05, 4.69) is 81.5 Å². The molecule has 0 rings (SSSR count). The van der Waals surface area contributed by atoms with Crippen molar-refractivity contribution in [2.45, 2.75) is 145 Å². The van der Waals surface area contributed by atoms with Crippen LogP contribution in [0.3, 0.4) is 0 Å². The van der Waals surface area contributed by atoms with Gasteiger partial charge in [0, 0.05) is 0 Å². The second-order valence-corrected chi connectivity index (χ2v) is 30.7. The van der Waals surface area contributed by atoms with Crippen LogP contribution in [0.1, 0.15) is 107 Å². The predicted octanol–water partition coefficient (Wildman–Crippen LogP) is 9.12. The van der Waals surface area contributed by atoms with Crippen molar-refractivity contribution in [3.63, 3.8) is 0 Å². The van der Waals surface area contributed by atoms with Gasteiger partial charge in [-0.25, -0.2) is 0 Å². The zero-order valence-corrected chi connectivity index (χ0v) is 27.1. The molecule has 0 aromatic carbocycles. The fourth-order valence-corrected chi connectivity index (χ4v) is 22.0. The molecule has 4 heteroatoms. The van der Waals surface area contributed by atoms with Crippen molar-refractivity contribution in [3.8, 4) is 0 Å². The van der Waals surface area contributed by atoms with Gasteiger partial charge in [-0.15, -0.1) is 0 Å². The molecule has 1 atom stereocenters. The number of unbranched alkanes of at least 4 members (excludes halogenated alkanes) is 3. The molecule has 186 valence electrons. The maximum atomic E-state index is 11.1. The fourth-order valence-electron chi connectivity index (χ4n) is 4.00. The average molecular weight is 562 g/mol. The van der Waals surface area contributed by atoms with E-state index < -0.39 is 26.7 Å². The normalized spacial score (nSPS) is 15.4. The molecule has 2 nitrogen and oxygen atoms in total. The molecule has 0 amide bonds. The van der Waals surface area contributed by atoms with Gasteiger partial charge in [-0.2, -0.15) is 0 Å². The average Bonchev–Trinajstić information content (AvgIpc) is 2.65. The molecule has 0 aliphatic carbocycles. The van der Waals surface area contributed by atoms with Crippen molar-refractivity contribution in [3.05, 3.63) is 9.67 Å². The van der Waals surface area contributed by atoms with Crippen LogP contribution in [-0.4, -0.2) is 44.5 Å². The molecule has 0 spiro atoms. The van der Waals surface area contributed by atoms with E-state index in [1.807, 2.05) is 0 Å². The van der Waals surface area contributed by atoms with E-state index in [1.165, 1.54) is 51.8 Å². The van der Waals surface area contributed by atoms with Gasteiger partial charge < -0.3 is 0 Å². The van der Waals surface area contributed by atoms with Crippen LogP contribution in [-0.2, 0) is 4.43 Å². The first-order chi connectivity index (χ1) is 14.2. The second-order valence-electron chi connectivity index (χ2n) is 12.5. The zero-order chi connectivity index (χ0) is 24.3. The Morgan fingerprint density at radius 2 is 1.29 bits per heavy atom. The second kappa shape index (κ2) is 14.2. The van der Waals surface area contributed by atoms with Gasteiger partial charge in [0.05, 0.1) is 0 Å². The molecule has 0 aromatic heterocycles. The van der Waals surface area contributed by atoms with E-state index in [9.17, 15) is 5.11 Å². The quantitative estimate of drug-likeness (QED) is 0.202. The SMILES string of the molecule is CCC[CH2][Sn]([CH2]CCC)([CH2]CCC)/[C](=C/C(O)C(C)(C)C)CCO[Si](C)(C)C(C)(C)C. The number of hydrogen-bond donors (Lipinski definition) is 1. The van der Waals surface area contributed by atoms with Crippen molar-refractivity contribution in [2.75, 3.05) is 6.61 Å². The van der Waals surface area contributed by atoms with Crippen LogP contribution in [0.15, 0.2) is 9.67 Å². The molecule has 0 aliphatic heterocycles. The van der Waals surface area contributed by atoms with E-state index in [-0.39, 0.29) is 16.6 Å². The molecule has 0 aromatic rings. The molecule has 31 heavy (non-hydrogen) atoms. The van der Waals surface area contributed by atoms with Gasteiger partial charge in [-0.3, -0.25) is 0 Å². The summed E-state index contributed by atoms with van der Waals surface area (Å²) in [6.07, 6.45) is 10.9. The summed E-state index contributed by atoms with van der Waals surface area (Å²) >= 11 is -2.58. The Morgan fingerprint density at radius 1 is 0.871 bits per heavy atom. The molecular weight excluding hydrogens is 503 g/mol. The molecule has 0 saturated heterocycles. The van der Waals surface area contributed by atoms with Crippen molar-refractivity contribution in [2.24, 2.45) is 5.41 Å². The molecule has 0 aliphatic rings. The van der Waals surface area contributed by atoms with Crippen LogP contribution in [0, 0.1) is 5.41 Å². The van der Waals surface area contributed by atoms with Crippen LogP contribution in [0.25, 0.3) is 0 Å². The topological polar surface area (TPSA) is 29.5 Å². The monoisotopic (exact) mass is 562 g/mol. The Bertz CT molecular complexity index is 493. The van der Waals surface area contributed by atoms with Crippen molar-refractivity contribution in [1.29, 1.82) is 0 Å². The van der Waals surface area contributed by atoms with E-state index in [1.54, 1.807) is 3.59 Å². The van der Waals surface area contributed by atoms with Crippen LogP contribution in [0.5, 0.6) is 0 Å². The van der Waals surface area contributed by atoms with Gasteiger partial charge in [-0.1, -0.05) is 0 Å². The standard InChI is InChI=1S/C15H31O2Si.3C4H9.Sn/c1-14(2,3)13(16)11-9-10-12-17-18(7,8)15(4,5)6;3*1-3-4-2;/h11,13,16H,10,12H2,1-8H3;3*1,3-4H2,2H3;. The van der Waals surface area contributed by atoms with Gasteiger partial charge in [0.1, 0.15) is 0 Å². The summed E-state index contributed by atoms with van der Waals surface area (Å²) in [6.45, 7) is 26.1. The first kappa shape index (κ1) is 31.7. The van der Waals surface area contributed by atoms with Gasteiger partial charge >= 0.3 is 203 Å². The minimum atomic E-state index is -2.58. The van der Waals surface area contributed by atoms with Crippen LogP contribution >= 0.6 is 0 Å². The predicted molar refractivity (Wildman–Crippen MR) is 146 cm³/mol.